The Labute approximate surface area is 79.1 Å². The zero-order chi connectivity index (χ0) is 9.68. The molecule has 0 atom stereocenters. The van der Waals surface area contributed by atoms with Crippen LogP contribution in [0.2, 0.25) is 0 Å². The zero-order valence-corrected chi connectivity index (χ0v) is 8.39. The number of aromatic nitrogens is 2. The van der Waals surface area contributed by atoms with Gasteiger partial charge in [-0.2, -0.15) is 5.10 Å². The standard InChI is InChI=1S/C10H15N3/c1-4-11-7-5-6-10-8-13(3)12-9(10)2/h8,11H,4,7H2,1-3H3. The van der Waals surface area contributed by atoms with Crippen molar-refractivity contribution < 1.29 is 0 Å². The van der Waals surface area contributed by atoms with E-state index in [1.165, 1.54) is 0 Å². The van der Waals surface area contributed by atoms with E-state index in [0.29, 0.717) is 0 Å². The fourth-order valence-electron chi connectivity index (χ4n) is 1.05. The largest absolute Gasteiger partial charge is 0.306 e. The molecule has 0 aliphatic carbocycles. The van der Waals surface area contributed by atoms with Crippen LogP contribution in [0.5, 0.6) is 0 Å². The first-order valence-corrected chi connectivity index (χ1v) is 4.44. The van der Waals surface area contributed by atoms with Crippen LogP contribution < -0.4 is 5.32 Å². The van der Waals surface area contributed by atoms with Crippen LogP contribution in [0.15, 0.2) is 6.20 Å². The van der Waals surface area contributed by atoms with Crippen molar-refractivity contribution in [1.82, 2.24) is 15.1 Å². The fraction of sp³-hybridized carbons (Fsp3) is 0.500. The smallest absolute Gasteiger partial charge is 0.0750 e. The molecular weight excluding hydrogens is 162 g/mol. The summed E-state index contributed by atoms with van der Waals surface area (Å²) in [6.45, 7) is 5.74. The van der Waals surface area contributed by atoms with Crippen molar-refractivity contribution in [1.29, 1.82) is 0 Å². The van der Waals surface area contributed by atoms with Crippen molar-refractivity contribution in [2.45, 2.75) is 13.8 Å². The second kappa shape index (κ2) is 4.68. The van der Waals surface area contributed by atoms with Crippen LogP contribution in [0, 0.1) is 18.8 Å². The molecule has 0 aromatic carbocycles. The van der Waals surface area contributed by atoms with Crippen LogP contribution in [0.25, 0.3) is 0 Å². The Balaban J connectivity index is 2.60. The lowest BCUT2D eigenvalue weighted by Gasteiger charge is -1.88. The van der Waals surface area contributed by atoms with E-state index in [2.05, 4.69) is 29.2 Å². The summed E-state index contributed by atoms with van der Waals surface area (Å²) in [5.41, 5.74) is 2.01. The third kappa shape index (κ3) is 2.92. The van der Waals surface area contributed by atoms with Crippen LogP contribution in [-0.2, 0) is 7.05 Å². The van der Waals surface area contributed by atoms with E-state index in [0.717, 1.165) is 24.3 Å². The molecule has 1 rings (SSSR count). The summed E-state index contributed by atoms with van der Waals surface area (Å²) < 4.78 is 1.78. The second-order valence-electron chi connectivity index (χ2n) is 2.88. The summed E-state index contributed by atoms with van der Waals surface area (Å²) >= 11 is 0. The molecule has 1 heterocycles. The number of hydrogen-bond donors (Lipinski definition) is 1. The lowest BCUT2D eigenvalue weighted by molar-refractivity contribution is 0.756. The molecule has 1 N–H and O–H groups in total. The van der Waals surface area contributed by atoms with Gasteiger partial charge in [0.2, 0.25) is 0 Å². The van der Waals surface area contributed by atoms with Gasteiger partial charge >= 0.3 is 0 Å². The molecule has 70 valence electrons. The molecule has 0 saturated carbocycles. The van der Waals surface area contributed by atoms with Crippen LogP contribution in [0.4, 0.5) is 0 Å². The van der Waals surface area contributed by atoms with E-state index in [-0.39, 0.29) is 0 Å². The lowest BCUT2D eigenvalue weighted by atomic mass is 10.3. The summed E-state index contributed by atoms with van der Waals surface area (Å²) in [7, 11) is 1.91. The normalized spacial score (nSPS) is 9.46. The van der Waals surface area contributed by atoms with Gasteiger partial charge in [-0.05, 0) is 13.5 Å². The van der Waals surface area contributed by atoms with E-state index < -0.39 is 0 Å². The second-order valence-corrected chi connectivity index (χ2v) is 2.88. The van der Waals surface area contributed by atoms with Crippen LogP contribution >= 0.6 is 0 Å². The molecule has 0 unspecified atom stereocenters. The van der Waals surface area contributed by atoms with Crippen LogP contribution in [0.1, 0.15) is 18.2 Å². The molecule has 3 nitrogen and oxygen atoms in total. The summed E-state index contributed by atoms with van der Waals surface area (Å²) in [5, 5.41) is 7.35. The third-order valence-electron chi connectivity index (χ3n) is 1.70. The number of rotatable bonds is 2. The maximum absolute atomic E-state index is 4.20. The highest BCUT2D eigenvalue weighted by atomic mass is 15.2. The molecule has 0 spiro atoms. The maximum atomic E-state index is 4.20. The monoisotopic (exact) mass is 177 g/mol. The van der Waals surface area contributed by atoms with Crippen LogP contribution in [0.3, 0.4) is 0 Å². The Bertz CT molecular complexity index is 328. The van der Waals surface area contributed by atoms with E-state index in [4.69, 9.17) is 0 Å². The van der Waals surface area contributed by atoms with Crippen molar-refractivity contribution in [3.05, 3.63) is 17.5 Å². The topological polar surface area (TPSA) is 29.9 Å². The first-order chi connectivity index (χ1) is 6.24. The number of nitrogens with zero attached hydrogens (tertiary/aromatic N) is 2. The van der Waals surface area contributed by atoms with Crippen molar-refractivity contribution in [2.24, 2.45) is 7.05 Å². The number of nitrogens with one attached hydrogen (secondary N) is 1. The molecule has 0 fully saturated rings. The van der Waals surface area contributed by atoms with Crippen LogP contribution in [-0.4, -0.2) is 22.9 Å². The van der Waals surface area contributed by atoms with E-state index >= 15 is 0 Å². The average molecular weight is 177 g/mol. The molecule has 0 radical (unpaired) electrons. The van der Waals surface area contributed by atoms with Gasteiger partial charge in [-0.15, -0.1) is 0 Å². The van der Waals surface area contributed by atoms with Gasteiger partial charge in [0.1, 0.15) is 0 Å². The quantitative estimate of drug-likeness (QED) is 0.532. The van der Waals surface area contributed by atoms with E-state index in [1.54, 1.807) is 4.68 Å². The van der Waals surface area contributed by atoms with Gasteiger partial charge in [0.25, 0.3) is 0 Å². The van der Waals surface area contributed by atoms with Gasteiger partial charge < -0.3 is 5.32 Å². The van der Waals surface area contributed by atoms with Gasteiger partial charge in [-0.1, -0.05) is 18.8 Å². The van der Waals surface area contributed by atoms with Gasteiger partial charge in [0, 0.05) is 13.2 Å². The van der Waals surface area contributed by atoms with Crippen molar-refractivity contribution in [2.75, 3.05) is 13.1 Å². The van der Waals surface area contributed by atoms with E-state index in [9.17, 15) is 0 Å². The minimum Gasteiger partial charge on any atom is -0.306 e. The highest BCUT2D eigenvalue weighted by Crippen LogP contribution is 2.00. The Morgan fingerprint density at radius 3 is 2.92 bits per heavy atom. The predicted molar refractivity (Wildman–Crippen MR) is 53.4 cm³/mol. The van der Waals surface area contributed by atoms with Crippen molar-refractivity contribution in [3.63, 3.8) is 0 Å². The molecule has 0 bridgehead atoms. The first-order valence-electron chi connectivity index (χ1n) is 4.44. The zero-order valence-electron chi connectivity index (χ0n) is 8.39. The highest BCUT2D eigenvalue weighted by molar-refractivity contribution is 5.35. The summed E-state index contributed by atoms with van der Waals surface area (Å²) in [6.07, 6.45) is 1.94. The molecule has 0 aliphatic heterocycles. The molecular formula is C10H15N3. The Kier molecular flexibility index (Phi) is 3.53. The Morgan fingerprint density at radius 1 is 1.62 bits per heavy atom. The number of hydrogen-bond acceptors (Lipinski definition) is 2. The van der Waals surface area contributed by atoms with Crippen molar-refractivity contribution >= 4 is 0 Å². The first kappa shape index (κ1) is 9.82. The average Bonchev–Trinajstić information content (AvgIpc) is 2.39. The van der Waals surface area contributed by atoms with Gasteiger partial charge in [0.15, 0.2) is 0 Å². The minimum atomic E-state index is 0.741. The summed E-state index contributed by atoms with van der Waals surface area (Å²) in [5.74, 6) is 6.12. The maximum Gasteiger partial charge on any atom is 0.0750 e. The molecule has 0 amide bonds. The fourth-order valence-corrected chi connectivity index (χ4v) is 1.05. The molecule has 13 heavy (non-hydrogen) atoms. The molecule has 3 heteroatoms. The molecule has 0 saturated heterocycles. The highest BCUT2D eigenvalue weighted by Gasteiger charge is 1.97. The molecule has 0 aliphatic rings. The molecule has 1 aromatic heterocycles. The SMILES string of the molecule is CCNCC#Cc1cn(C)nc1C. The summed E-state index contributed by atoms with van der Waals surface area (Å²) in [6, 6.07) is 0. The Morgan fingerprint density at radius 2 is 2.38 bits per heavy atom. The minimum absolute atomic E-state index is 0.741. The van der Waals surface area contributed by atoms with Gasteiger partial charge in [-0.3, -0.25) is 4.68 Å². The van der Waals surface area contributed by atoms with Gasteiger partial charge in [-0.25, -0.2) is 0 Å². The van der Waals surface area contributed by atoms with Crippen molar-refractivity contribution in [3.8, 4) is 11.8 Å². The van der Waals surface area contributed by atoms with E-state index in [1.807, 2.05) is 20.2 Å². The number of aryl methyl sites for hydroxylation is 2. The third-order valence-corrected chi connectivity index (χ3v) is 1.70. The Hall–Kier alpha value is -1.27. The predicted octanol–water partition coefficient (Wildman–Crippen LogP) is 0.690. The lowest BCUT2D eigenvalue weighted by Crippen LogP contribution is -2.11. The molecule has 1 aromatic rings. The summed E-state index contributed by atoms with van der Waals surface area (Å²) in [4.78, 5) is 0. The van der Waals surface area contributed by atoms with Gasteiger partial charge in [0.05, 0.1) is 17.8 Å².